The van der Waals surface area contributed by atoms with E-state index in [-0.39, 0.29) is 0 Å². The lowest BCUT2D eigenvalue weighted by Crippen LogP contribution is -3.20. The van der Waals surface area contributed by atoms with Crippen molar-refractivity contribution < 1.29 is 15.0 Å². The largest absolute Gasteiger partial charge is 0.487 e. The summed E-state index contributed by atoms with van der Waals surface area (Å²) >= 11 is 2.34. The molecule has 0 bridgehead atoms. The van der Waals surface area contributed by atoms with Crippen LogP contribution in [0.25, 0.3) is 0 Å². The van der Waals surface area contributed by atoms with Gasteiger partial charge in [-0.15, -0.1) is 0 Å². The van der Waals surface area contributed by atoms with E-state index in [2.05, 4.69) is 53.0 Å². The smallest absolute Gasteiger partial charge is 0.137 e. The molecule has 1 aromatic carbocycles. The third kappa shape index (κ3) is 4.12. The van der Waals surface area contributed by atoms with Crippen LogP contribution in [0.5, 0.6) is 5.75 Å². The number of hydrogen-bond donors (Lipinski definition) is 2. The van der Waals surface area contributed by atoms with Crippen LogP contribution in [-0.4, -0.2) is 39.3 Å². The average Bonchev–Trinajstić information content (AvgIpc) is 2.33. The molecule has 3 N–H and O–H groups in total. The van der Waals surface area contributed by atoms with Gasteiger partial charge in [0.25, 0.3) is 0 Å². The first-order valence-corrected chi connectivity index (χ1v) is 7.38. The van der Waals surface area contributed by atoms with Gasteiger partial charge in [-0.1, -0.05) is 6.07 Å². The maximum absolute atomic E-state index is 5.86. The molecule has 94 valence electrons. The zero-order chi connectivity index (χ0) is 12.1. The van der Waals surface area contributed by atoms with Gasteiger partial charge in [0.15, 0.2) is 0 Å². The average molecular weight is 348 g/mol. The summed E-state index contributed by atoms with van der Waals surface area (Å²) in [6, 6.07) is 6.36. The van der Waals surface area contributed by atoms with Crippen molar-refractivity contribution in [2.45, 2.75) is 6.92 Å². The van der Waals surface area contributed by atoms with Gasteiger partial charge in [0, 0.05) is 0 Å². The van der Waals surface area contributed by atoms with E-state index in [4.69, 9.17) is 4.74 Å². The fraction of sp³-hybridized carbons (Fsp3) is 0.538. The summed E-state index contributed by atoms with van der Waals surface area (Å²) in [5.74, 6) is 1.03. The molecule has 0 saturated carbocycles. The first-order valence-electron chi connectivity index (χ1n) is 6.30. The zero-order valence-electron chi connectivity index (χ0n) is 10.3. The molecule has 4 heteroatoms. The predicted molar refractivity (Wildman–Crippen MR) is 76.6 cm³/mol. The van der Waals surface area contributed by atoms with Crippen molar-refractivity contribution in [3.05, 3.63) is 27.3 Å². The van der Waals surface area contributed by atoms with Crippen LogP contribution in [-0.2, 0) is 0 Å². The summed E-state index contributed by atoms with van der Waals surface area (Å²) < 4.78 is 7.07. The monoisotopic (exact) mass is 348 g/mol. The Bertz CT molecular complexity index is 364. The highest BCUT2D eigenvalue weighted by Crippen LogP contribution is 2.21. The Balaban J connectivity index is 1.77. The van der Waals surface area contributed by atoms with Crippen molar-refractivity contribution in [1.82, 2.24) is 0 Å². The molecular formula is C13H21IN2O+2. The van der Waals surface area contributed by atoms with Crippen LogP contribution >= 0.6 is 22.6 Å². The van der Waals surface area contributed by atoms with Gasteiger partial charge in [-0.3, -0.25) is 0 Å². The minimum atomic E-state index is 0.828. The highest BCUT2D eigenvalue weighted by molar-refractivity contribution is 14.1. The number of quaternary nitrogens is 2. The number of nitrogens with two attached hydrogens (primary N) is 1. The van der Waals surface area contributed by atoms with E-state index in [0.717, 1.165) is 18.9 Å². The van der Waals surface area contributed by atoms with E-state index in [1.165, 1.54) is 35.3 Å². The van der Waals surface area contributed by atoms with Gasteiger partial charge in [0.05, 0.1) is 3.57 Å². The molecule has 1 saturated heterocycles. The number of hydrogen-bond acceptors (Lipinski definition) is 1. The first kappa shape index (κ1) is 13.1. The second kappa shape index (κ2) is 6.56. The second-order valence-corrected chi connectivity index (χ2v) is 5.81. The van der Waals surface area contributed by atoms with E-state index in [1.807, 2.05) is 0 Å². The van der Waals surface area contributed by atoms with Gasteiger partial charge in [-0.05, 0) is 47.2 Å². The Hall–Kier alpha value is -0.330. The van der Waals surface area contributed by atoms with Gasteiger partial charge >= 0.3 is 0 Å². The number of piperazine rings is 1. The van der Waals surface area contributed by atoms with Crippen LogP contribution in [0.3, 0.4) is 0 Å². The summed E-state index contributed by atoms with van der Waals surface area (Å²) in [7, 11) is 0. The predicted octanol–water partition coefficient (Wildman–Crippen LogP) is -0.560. The number of aryl methyl sites for hydroxylation is 1. The van der Waals surface area contributed by atoms with Crippen molar-refractivity contribution in [3.8, 4) is 5.75 Å². The third-order valence-corrected chi connectivity index (χ3v) is 4.05. The van der Waals surface area contributed by atoms with Crippen LogP contribution in [0.15, 0.2) is 18.2 Å². The Morgan fingerprint density at radius 3 is 2.82 bits per heavy atom. The summed E-state index contributed by atoms with van der Waals surface area (Å²) in [6.45, 7) is 9.13. The van der Waals surface area contributed by atoms with Gasteiger partial charge in [0.1, 0.15) is 45.1 Å². The van der Waals surface area contributed by atoms with Crippen LogP contribution in [0.1, 0.15) is 5.56 Å². The van der Waals surface area contributed by atoms with Gasteiger partial charge in [0.2, 0.25) is 0 Å². The van der Waals surface area contributed by atoms with Crippen molar-refractivity contribution in [2.75, 3.05) is 39.3 Å². The Kier molecular flexibility index (Phi) is 5.06. The molecule has 1 aliphatic rings. The lowest BCUT2D eigenvalue weighted by Gasteiger charge is -2.22. The van der Waals surface area contributed by atoms with Gasteiger partial charge < -0.3 is 15.0 Å². The number of rotatable bonds is 4. The summed E-state index contributed by atoms with van der Waals surface area (Å²) in [4.78, 5) is 1.68. The maximum atomic E-state index is 5.86. The minimum Gasteiger partial charge on any atom is -0.487 e. The lowest BCUT2D eigenvalue weighted by molar-refractivity contribution is -0.946. The van der Waals surface area contributed by atoms with Crippen molar-refractivity contribution in [2.24, 2.45) is 0 Å². The molecule has 0 radical (unpaired) electrons. The maximum Gasteiger partial charge on any atom is 0.137 e. The molecule has 1 fully saturated rings. The number of benzene rings is 1. The SMILES string of the molecule is Cc1ccc(OCC[NH+]2CC[NH2+]CC2)c(I)c1. The number of halogens is 1. The third-order valence-electron chi connectivity index (χ3n) is 3.20. The molecule has 0 aromatic heterocycles. The molecule has 1 heterocycles. The van der Waals surface area contributed by atoms with E-state index >= 15 is 0 Å². The van der Waals surface area contributed by atoms with E-state index in [0.29, 0.717) is 0 Å². The number of ether oxygens (including phenoxy) is 1. The van der Waals surface area contributed by atoms with E-state index < -0.39 is 0 Å². The molecule has 0 amide bonds. The fourth-order valence-corrected chi connectivity index (χ4v) is 2.99. The standard InChI is InChI=1S/C13H19IN2O/c1-11-2-3-13(12(14)10-11)17-9-8-16-6-4-15-5-7-16/h2-3,10,15H,4-9H2,1H3/p+2. The highest BCUT2D eigenvalue weighted by Gasteiger charge is 2.15. The summed E-state index contributed by atoms with van der Waals surface area (Å²) in [5, 5.41) is 2.40. The second-order valence-electron chi connectivity index (χ2n) is 4.65. The fourth-order valence-electron chi connectivity index (χ4n) is 2.16. The molecule has 2 rings (SSSR count). The Morgan fingerprint density at radius 1 is 1.35 bits per heavy atom. The Labute approximate surface area is 117 Å². The minimum absolute atomic E-state index is 0.828. The van der Waals surface area contributed by atoms with Crippen molar-refractivity contribution in [3.63, 3.8) is 0 Å². The normalized spacial score (nSPS) is 17.1. The van der Waals surface area contributed by atoms with Crippen molar-refractivity contribution >= 4 is 22.6 Å². The molecule has 1 aromatic rings. The van der Waals surface area contributed by atoms with Crippen LogP contribution in [0.2, 0.25) is 0 Å². The zero-order valence-corrected chi connectivity index (χ0v) is 12.5. The van der Waals surface area contributed by atoms with Crippen molar-refractivity contribution in [1.29, 1.82) is 0 Å². The summed E-state index contributed by atoms with van der Waals surface area (Å²) in [6.07, 6.45) is 0. The van der Waals surface area contributed by atoms with Crippen LogP contribution in [0, 0.1) is 10.5 Å². The van der Waals surface area contributed by atoms with E-state index in [9.17, 15) is 0 Å². The van der Waals surface area contributed by atoms with Crippen LogP contribution < -0.4 is 15.0 Å². The molecule has 3 nitrogen and oxygen atoms in total. The molecule has 0 spiro atoms. The number of nitrogens with one attached hydrogen (secondary N) is 1. The first-order chi connectivity index (χ1) is 8.25. The molecule has 0 unspecified atom stereocenters. The Morgan fingerprint density at radius 2 is 2.12 bits per heavy atom. The van der Waals surface area contributed by atoms with E-state index in [1.54, 1.807) is 4.90 Å². The van der Waals surface area contributed by atoms with Gasteiger partial charge in [-0.25, -0.2) is 0 Å². The molecule has 0 aliphatic carbocycles. The summed E-state index contributed by atoms with van der Waals surface area (Å²) in [5.41, 5.74) is 1.29. The highest BCUT2D eigenvalue weighted by atomic mass is 127. The molecule has 0 atom stereocenters. The molecule has 1 aliphatic heterocycles. The lowest BCUT2D eigenvalue weighted by atomic mass is 10.2. The topological polar surface area (TPSA) is 30.3 Å². The molecular weight excluding hydrogens is 327 g/mol. The van der Waals surface area contributed by atoms with Gasteiger partial charge in [-0.2, -0.15) is 0 Å². The molecule has 17 heavy (non-hydrogen) atoms. The quantitative estimate of drug-likeness (QED) is 0.703. The van der Waals surface area contributed by atoms with Crippen LogP contribution in [0.4, 0.5) is 0 Å².